The minimum Gasteiger partial charge on any atom is -0.494 e. The molecule has 2 nitrogen and oxygen atoms in total. The van der Waals surface area contributed by atoms with Crippen LogP contribution in [0.2, 0.25) is 0 Å². The zero-order valence-corrected chi connectivity index (χ0v) is 18.3. The van der Waals surface area contributed by atoms with Gasteiger partial charge < -0.3 is 4.74 Å². The maximum absolute atomic E-state index is 15.2. The number of nitriles is 1. The third-order valence-corrected chi connectivity index (χ3v) is 5.75. The highest BCUT2D eigenvalue weighted by atomic mass is 19.1. The fourth-order valence-electron chi connectivity index (χ4n) is 3.81. The number of unbranched alkanes of at least 4 members (excludes halogenated alkanes) is 1. The van der Waals surface area contributed by atoms with Crippen LogP contribution in [-0.4, -0.2) is 6.61 Å². The van der Waals surface area contributed by atoms with E-state index in [9.17, 15) is 0 Å². The van der Waals surface area contributed by atoms with Crippen molar-refractivity contribution in [1.82, 2.24) is 0 Å². The SMILES string of the molecule is CCCCOc1ccc(-c2ccc3c(F)c(CCc4ccc(C#N)cc4)ccc3c2)cc1. The number of halogens is 1. The number of rotatable bonds is 8. The first-order chi connectivity index (χ1) is 15.7. The minimum atomic E-state index is -0.151. The largest absolute Gasteiger partial charge is 0.494 e. The van der Waals surface area contributed by atoms with Crippen LogP contribution < -0.4 is 4.74 Å². The molecule has 0 heterocycles. The molecule has 0 aromatic heterocycles. The highest BCUT2D eigenvalue weighted by Gasteiger charge is 2.09. The number of benzene rings is 4. The molecule has 4 rings (SSSR count). The fourth-order valence-corrected chi connectivity index (χ4v) is 3.81. The summed E-state index contributed by atoms with van der Waals surface area (Å²) in [7, 11) is 0. The van der Waals surface area contributed by atoms with Crippen LogP contribution in [0, 0.1) is 17.1 Å². The summed E-state index contributed by atoms with van der Waals surface area (Å²) in [6.07, 6.45) is 3.52. The third kappa shape index (κ3) is 4.98. The molecule has 160 valence electrons. The average molecular weight is 424 g/mol. The molecule has 0 spiro atoms. The molecule has 0 aliphatic heterocycles. The van der Waals surface area contributed by atoms with Crippen LogP contribution in [0.1, 0.15) is 36.5 Å². The lowest BCUT2D eigenvalue weighted by Gasteiger charge is -2.10. The molecule has 0 saturated carbocycles. The van der Waals surface area contributed by atoms with Crippen LogP contribution in [0.3, 0.4) is 0 Å². The standard InChI is InChI=1S/C29H26FNO/c1-2-3-18-32-27-15-12-23(13-16-27)25-14-17-28-26(19-25)11-10-24(29(28)30)9-8-21-4-6-22(20-31)7-5-21/h4-7,10-17,19H,2-3,8-9,18H2,1H3. The zero-order chi connectivity index (χ0) is 22.3. The van der Waals surface area contributed by atoms with E-state index in [4.69, 9.17) is 10.00 Å². The molecule has 32 heavy (non-hydrogen) atoms. The van der Waals surface area contributed by atoms with Crippen LogP contribution in [0.15, 0.2) is 78.9 Å². The van der Waals surface area contributed by atoms with Crippen molar-refractivity contribution < 1.29 is 9.13 Å². The Hall–Kier alpha value is -3.64. The van der Waals surface area contributed by atoms with Gasteiger partial charge in [-0.15, -0.1) is 0 Å². The Morgan fingerprint density at radius 1 is 0.844 bits per heavy atom. The number of ether oxygens (including phenoxy) is 1. The molecule has 0 unspecified atom stereocenters. The molecule has 0 N–H and O–H groups in total. The van der Waals surface area contributed by atoms with E-state index in [0.717, 1.165) is 53.7 Å². The fraction of sp³-hybridized carbons (Fsp3) is 0.207. The Labute approximate surface area is 188 Å². The summed E-state index contributed by atoms with van der Waals surface area (Å²) in [6, 6.07) is 27.4. The van der Waals surface area contributed by atoms with E-state index in [1.165, 1.54) is 0 Å². The van der Waals surface area contributed by atoms with Gasteiger partial charge in [0.25, 0.3) is 0 Å². The summed E-state index contributed by atoms with van der Waals surface area (Å²) in [4.78, 5) is 0. The van der Waals surface area contributed by atoms with Crippen molar-refractivity contribution in [3.8, 4) is 22.9 Å². The average Bonchev–Trinajstić information content (AvgIpc) is 2.84. The second-order valence-electron chi connectivity index (χ2n) is 8.01. The van der Waals surface area contributed by atoms with Crippen LogP contribution in [-0.2, 0) is 12.8 Å². The van der Waals surface area contributed by atoms with Gasteiger partial charge in [-0.25, -0.2) is 4.39 Å². The molecule has 0 fully saturated rings. The van der Waals surface area contributed by atoms with Gasteiger partial charge in [0, 0.05) is 5.39 Å². The third-order valence-electron chi connectivity index (χ3n) is 5.75. The molecular weight excluding hydrogens is 397 g/mol. The Kier molecular flexibility index (Phi) is 6.82. The first kappa shape index (κ1) is 21.6. The summed E-state index contributed by atoms with van der Waals surface area (Å²) in [5.41, 5.74) is 4.59. The van der Waals surface area contributed by atoms with Gasteiger partial charge in [-0.2, -0.15) is 5.26 Å². The second kappa shape index (κ2) is 10.1. The minimum absolute atomic E-state index is 0.151. The second-order valence-corrected chi connectivity index (χ2v) is 8.01. The molecule has 0 aliphatic rings. The van der Waals surface area contributed by atoms with E-state index < -0.39 is 0 Å². The van der Waals surface area contributed by atoms with Crippen molar-refractivity contribution in [2.24, 2.45) is 0 Å². The lowest BCUT2D eigenvalue weighted by Crippen LogP contribution is -1.96. The monoisotopic (exact) mass is 423 g/mol. The van der Waals surface area contributed by atoms with E-state index in [1.54, 1.807) is 12.1 Å². The van der Waals surface area contributed by atoms with Crippen LogP contribution >= 0.6 is 0 Å². The first-order valence-electron chi connectivity index (χ1n) is 11.1. The molecule has 4 aromatic carbocycles. The highest BCUT2D eigenvalue weighted by Crippen LogP contribution is 2.29. The van der Waals surface area contributed by atoms with Crippen molar-refractivity contribution in [3.63, 3.8) is 0 Å². The molecule has 3 heteroatoms. The molecule has 0 bridgehead atoms. The molecule has 0 atom stereocenters. The van der Waals surface area contributed by atoms with Gasteiger partial charge >= 0.3 is 0 Å². The number of fused-ring (bicyclic) bond motifs is 1. The number of hydrogen-bond donors (Lipinski definition) is 0. The van der Waals surface area contributed by atoms with Crippen LogP contribution in [0.25, 0.3) is 21.9 Å². The van der Waals surface area contributed by atoms with E-state index in [1.807, 2.05) is 66.7 Å². The van der Waals surface area contributed by atoms with E-state index >= 15 is 4.39 Å². The van der Waals surface area contributed by atoms with Crippen molar-refractivity contribution in [2.45, 2.75) is 32.6 Å². The lowest BCUT2D eigenvalue weighted by molar-refractivity contribution is 0.309. The molecular formula is C29H26FNO. The van der Waals surface area contributed by atoms with Gasteiger partial charge in [0.05, 0.1) is 18.2 Å². The van der Waals surface area contributed by atoms with Gasteiger partial charge in [-0.05, 0) is 77.2 Å². The quantitative estimate of drug-likeness (QED) is 0.275. The summed E-state index contributed by atoms with van der Waals surface area (Å²) in [5, 5.41) is 10.5. The van der Waals surface area contributed by atoms with Crippen molar-refractivity contribution in [3.05, 3.63) is 101 Å². The molecule has 0 aliphatic carbocycles. The first-order valence-corrected chi connectivity index (χ1v) is 11.1. The van der Waals surface area contributed by atoms with Gasteiger partial charge in [0.2, 0.25) is 0 Å². The maximum atomic E-state index is 15.2. The van der Waals surface area contributed by atoms with Crippen molar-refractivity contribution >= 4 is 10.8 Å². The Bertz CT molecular complexity index is 1240. The molecule has 0 radical (unpaired) electrons. The normalized spacial score (nSPS) is 10.8. The number of hydrogen-bond acceptors (Lipinski definition) is 2. The molecule has 0 amide bonds. The number of nitrogens with zero attached hydrogens (tertiary/aromatic N) is 1. The number of aryl methyl sites for hydroxylation is 2. The summed E-state index contributed by atoms with van der Waals surface area (Å²) in [5.74, 6) is 0.725. The van der Waals surface area contributed by atoms with Gasteiger partial charge in [-0.3, -0.25) is 0 Å². The lowest BCUT2D eigenvalue weighted by atomic mass is 9.97. The Balaban J connectivity index is 1.49. The van der Waals surface area contributed by atoms with E-state index in [-0.39, 0.29) is 5.82 Å². The topological polar surface area (TPSA) is 33.0 Å². The van der Waals surface area contributed by atoms with Crippen LogP contribution in [0.5, 0.6) is 5.75 Å². The molecule has 4 aromatic rings. The summed E-state index contributed by atoms with van der Waals surface area (Å²) >= 11 is 0. The molecule has 0 saturated heterocycles. The maximum Gasteiger partial charge on any atom is 0.134 e. The van der Waals surface area contributed by atoms with Crippen LogP contribution in [0.4, 0.5) is 4.39 Å². The van der Waals surface area contributed by atoms with Gasteiger partial charge in [0.15, 0.2) is 0 Å². The highest BCUT2D eigenvalue weighted by molar-refractivity contribution is 5.88. The van der Waals surface area contributed by atoms with E-state index in [0.29, 0.717) is 22.9 Å². The predicted molar refractivity (Wildman–Crippen MR) is 128 cm³/mol. The Morgan fingerprint density at radius 3 is 2.31 bits per heavy atom. The predicted octanol–water partition coefficient (Wildman–Crippen LogP) is 7.48. The Morgan fingerprint density at radius 2 is 1.59 bits per heavy atom. The zero-order valence-electron chi connectivity index (χ0n) is 18.3. The van der Waals surface area contributed by atoms with Crippen molar-refractivity contribution in [1.29, 1.82) is 5.26 Å². The van der Waals surface area contributed by atoms with Gasteiger partial charge in [0.1, 0.15) is 11.6 Å². The van der Waals surface area contributed by atoms with Crippen molar-refractivity contribution in [2.75, 3.05) is 6.61 Å². The summed E-state index contributed by atoms with van der Waals surface area (Å²) in [6.45, 7) is 2.88. The van der Waals surface area contributed by atoms with Gasteiger partial charge in [-0.1, -0.05) is 61.9 Å². The summed E-state index contributed by atoms with van der Waals surface area (Å²) < 4.78 is 20.9. The van der Waals surface area contributed by atoms with E-state index in [2.05, 4.69) is 13.0 Å². The smallest absolute Gasteiger partial charge is 0.134 e.